The first-order valence-corrected chi connectivity index (χ1v) is 4.31. The molecule has 0 aromatic rings. The van der Waals surface area contributed by atoms with E-state index in [1.165, 1.54) is 5.57 Å². The third-order valence-corrected chi connectivity index (χ3v) is 3.15. The van der Waals surface area contributed by atoms with Crippen LogP contribution in [0.5, 0.6) is 0 Å². The number of hydrogen-bond acceptors (Lipinski definition) is 1. The molecule has 1 heteroatoms. The Hall–Kier alpha value is -0.850. The Morgan fingerprint density at radius 3 is 2.67 bits per heavy atom. The molecule has 0 unspecified atom stereocenters. The number of rotatable bonds is 2. The van der Waals surface area contributed by atoms with E-state index in [2.05, 4.69) is 33.4 Å². The second-order valence-electron chi connectivity index (χ2n) is 4.09. The van der Waals surface area contributed by atoms with Crippen molar-refractivity contribution in [3.63, 3.8) is 0 Å². The molecular weight excluding hydrogens is 148 g/mol. The minimum absolute atomic E-state index is 0.123. The molecule has 0 bridgehead atoms. The van der Waals surface area contributed by atoms with E-state index in [0.29, 0.717) is 5.92 Å². The molecule has 0 spiro atoms. The summed E-state index contributed by atoms with van der Waals surface area (Å²) in [6, 6.07) is 0. The first-order chi connectivity index (χ1) is 5.50. The van der Waals surface area contributed by atoms with Crippen LogP contribution in [0.2, 0.25) is 0 Å². The van der Waals surface area contributed by atoms with Gasteiger partial charge in [0.25, 0.3) is 0 Å². The normalized spacial score (nSPS) is 26.6. The Balaban J connectivity index is 2.87. The van der Waals surface area contributed by atoms with Crippen molar-refractivity contribution in [1.82, 2.24) is 0 Å². The van der Waals surface area contributed by atoms with Gasteiger partial charge in [-0.3, -0.25) is 4.79 Å². The highest BCUT2D eigenvalue weighted by Gasteiger charge is 2.36. The summed E-state index contributed by atoms with van der Waals surface area (Å²) >= 11 is 0. The molecule has 1 rings (SSSR count). The van der Waals surface area contributed by atoms with Gasteiger partial charge in [-0.25, -0.2) is 0 Å². The fourth-order valence-corrected chi connectivity index (χ4v) is 1.82. The van der Waals surface area contributed by atoms with Crippen LogP contribution in [0, 0.1) is 11.3 Å². The molecule has 0 amide bonds. The third-order valence-electron chi connectivity index (χ3n) is 3.15. The average molecular weight is 164 g/mol. The van der Waals surface area contributed by atoms with E-state index in [1.807, 2.05) is 0 Å². The zero-order chi connectivity index (χ0) is 9.35. The van der Waals surface area contributed by atoms with E-state index in [9.17, 15) is 4.79 Å². The molecule has 1 aliphatic carbocycles. The molecule has 1 atom stereocenters. The van der Waals surface area contributed by atoms with Crippen LogP contribution in [0.1, 0.15) is 27.2 Å². The predicted octanol–water partition coefficient (Wildman–Crippen LogP) is 2.73. The van der Waals surface area contributed by atoms with Gasteiger partial charge in [-0.2, -0.15) is 0 Å². The SMILES string of the molecule is C=C(C=O)[C@H]1CC=C(C)C1(C)C. The lowest BCUT2D eigenvalue weighted by Crippen LogP contribution is -2.22. The van der Waals surface area contributed by atoms with E-state index in [-0.39, 0.29) is 5.41 Å². The van der Waals surface area contributed by atoms with Crippen molar-refractivity contribution >= 4 is 6.29 Å². The third kappa shape index (κ3) is 1.24. The quantitative estimate of drug-likeness (QED) is 0.348. The fraction of sp³-hybridized carbons (Fsp3) is 0.545. The average Bonchev–Trinajstić information content (AvgIpc) is 2.27. The maximum atomic E-state index is 10.6. The van der Waals surface area contributed by atoms with Gasteiger partial charge >= 0.3 is 0 Å². The van der Waals surface area contributed by atoms with Crippen LogP contribution in [0.25, 0.3) is 0 Å². The van der Waals surface area contributed by atoms with Crippen molar-refractivity contribution in [2.45, 2.75) is 27.2 Å². The molecular formula is C11H16O. The smallest absolute Gasteiger partial charge is 0.145 e. The van der Waals surface area contributed by atoms with Crippen molar-refractivity contribution in [3.05, 3.63) is 23.8 Å². The van der Waals surface area contributed by atoms with Crippen molar-refractivity contribution in [1.29, 1.82) is 0 Å². The lowest BCUT2D eigenvalue weighted by Gasteiger charge is -2.29. The molecule has 1 nitrogen and oxygen atoms in total. The van der Waals surface area contributed by atoms with Crippen molar-refractivity contribution in [2.75, 3.05) is 0 Å². The van der Waals surface area contributed by atoms with E-state index < -0.39 is 0 Å². The summed E-state index contributed by atoms with van der Waals surface area (Å²) in [5, 5.41) is 0. The highest BCUT2D eigenvalue weighted by molar-refractivity contribution is 5.73. The highest BCUT2D eigenvalue weighted by Crippen LogP contribution is 2.45. The highest BCUT2D eigenvalue weighted by atomic mass is 16.1. The van der Waals surface area contributed by atoms with E-state index >= 15 is 0 Å². The lowest BCUT2D eigenvalue weighted by atomic mass is 9.75. The standard InChI is InChI=1S/C11H16O/c1-8(7-12)10-6-5-9(2)11(10,3)4/h5,7,10H,1,6H2,2-4H3/t10-/m1/s1. The van der Waals surface area contributed by atoms with Gasteiger partial charge in [-0.05, 0) is 30.3 Å². The summed E-state index contributed by atoms with van der Waals surface area (Å²) in [7, 11) is 0. The van der Waals surface area contributed by atoms with Gasteiger partial charge in [-0.15, -0.1) is 0 Å². The van der Waals surface area contributed by atoms with Crippen LogP contribution in [-0.4, -0.2) is 6.29 Å². The molecule has 0 N–H and O–H groups in total. The van der Waals surface area contributed by atoms with Crippen LogP contribution in [0.15, 0.2) is 23.8 Å². The maximum absolute atomic E-state index is 10.6. The summed E-state index contributed by atoms with van der Waals surface area (Å²) in [5.74, 6) is 0.315. The van der Waals surface area contributed by atoms with Gasteiger partial charge < -0.3 is 0 Å². The van der Waals surface area contributed by atoms with Crippen LogP contribution >= 0.6 is 0 Å². The Kier molecular flexibility index (Phi) is 2.22. The van der Waals surface area contributed by atoms with Gasteiger partial charge in [0.1, 0.15) is 6.29 Å². The largest absolute Gasteiger partial charge is 0.298 e. The molecule has 0 aliphatic heterocycles. The molecule has 0 saturated carbocycles. The molecule has 0 aromatic carbocycles. The summed E-state index contributed by atoms with van der Waals surface area (Å²) < 4.78 is 0. The van der Waals surface area contributed by atoms with Gasteiger partial charge in [0.05, 0.1) is 0 Å². The van der Waals surface area contributed by atoms with E-state index in [0.717, 1.165) is 18.3 Å². The summed E-state index contributed by atoms with van der Waals surface area (Å²) in [6.07, 6.45) is 4.06. The van der Waals surface area contributed by atoms with Crippen LogP contribution in [-0.2, 0) is 4.79 Å². The van der Waals surface area contributed by atoms with E-state index in [1.54, 1.807) is 0 Å². The predicted molar refractivity (Wildman–Crippen MR) is 50.8 cm³/mol. The first-order valence-electron chi connectivity index (χ1n) is 4.31. The summed E-state index contributed by atoms with van der Waals surface area (Å²) in [4.78, 5) is 10.6. The molecule has 0 aromatic heterocycles. The molecule has 0 fully saturated rings. The second kappa shape index (κ2) is 2.89. The van der Waals surface area contributed by atoms with Gasteiger partial charge in [-0.1, -0.05) is 32.1 Å². The Bertz CT molecular complexity index is 246. The van der Waals surface area contributed by atoms with Crippen molar-refractivity contribution in [2.24, 2.45) is 11.3 Å². The number of allylic oxidation sites excluding steroid dienone is 3. The monoisotopic (exact) mass is 164 g/mol. The molecule has 12 heavy (non-hydrogen) atoms. The van der Waals surface area contributed by atoms with Gasteiger partial charge in [0, 0.05) is 0 Å². The van der Waals surface area contributed by atoms with E-state index in [4.69, 9.17) is 0 Å². The Labute approximate surface area is 74.2 Å². The number of carbonyl (C=O) groups excluding carboxylic acids is 1. The van der Waals surface area contributed by atoms with Crippen LogP contribution in [0.3, 0.4) is 0 Å². The van der Waals surface area contributed by atoms with Crippen LogP contribution in [0.4, 0.5) is 0 Å². The topological polar surface area (TPSA) is 17.1 Å². The van der Waals surface area contributed by atoms with Crippen LogP contribution < -0.4 is 0 Å². The fourth-order valence-electron chi connectivity index (χ4n) is 1.82. The second-order valence-corrected chi connectivity index (χ2v) is 4.09. The number of hydrogen-bond donors (Lipinski definition) is 0. The molecule has 0 saturated heterocycles. The molecule has 0 heterocycles. The minimum Gasteiger partial charge on any atom is -0.298 e. The van der Waals surface area contributed by atoms with Crippen molar-refractivity contribution < 1.29 is 4.79 Å². The lowest BCUT2D eigenvalue weighted by molar-refractivity contribution is -0.105. The molecule has 0 radical (unpaired) electrons. The van der Waals surface area contributed by atoms with Gasteiger partial charge in [0.15, 0.2) is 0 Å². The minimum atomic E-state index is 0.123. The van der Waals surface area contributed by atoms with Gasteiger partial charge in [0.2, 0.25) is 0 Å². The first kappa shape index (κ1) is 9.24. The van der Waals surface area contributed by atoms with Crippen molar-refractivity contribution in [3.8, 4) is 0 Å². The zero-order valence-electron chi connectivity index (χ0n) is 8.05. The maximum Gasteiger partial charge on any atom is 0.145 e. The Morgan fingerprint density at radius 2 is 2.33 bits per heavy atom. The number of aldehydes is 1. The molecule has 66 valence electrons. The summed E-state index contributed by atoms with van der Waals surface area (Å²) in [5.41, 5.74) is 2.22. The molecule has 1 aliphatic rings. The number of carbonyl (C=O) groups is 1. The Morgan fingerprint density at radius 1 is 1.75 bits per heavy atom. The summed E-state index contributed by atoms with van der Waals surface area (Å²) in [6.45, 7) is 10.3. The zero-order valence-corrected chi connectivity index (χ0v) is 8.05.